The van der Waals surface area contributed by atoms with E-state index in [1.165, 1.54) is 23.7 Å². The van der Waals surface area contributed by atoms with Gasteiger partial charge in [-0.05, 0) is 6.07 Å². The number of aromatic amines is 1. The second-order valence-electron chi connectivity index (χ2n) is 8.40. The number of hydroxylamine groups is 1. The minimum atomic E-state index is -0.672. The molecule has 5 aromatic rings. The van der Waals surface area contributed by atoms with Gasteiger partial charge in [0, 0.05) is 42.5 Å². The predicted octanol–water partition coefficient (Wildman–Crippen LogP) is 2.47. The van der Waals surface area contributed by atoms with Crippen molar-refractivity contribution in [2.45, 2.75) is 0 Å². The lowest BCUT2D eigenvalue weighted by Crippen LogP contribution is -2.36. The lowest BCUT2D eigenvalue weighted by molar-refractivity contribution is 0.0705. The molecule has 1 aromatic carbocycles. The maximum Gasteiger partial charge on any atom is 0.277 e. The fraction of sp³-hybridized carbons (Fsp3) is 0.250. The van der Waals surface area contributed by atoms with Crippen molar-refractivity contribution in [3.63, 3.8) is 0 Å². The third-order valence-corrected chi connectivity index (χ3v) is 7.05. The normalized spacial score (nSPS) is 13.7. The molecule has 4 aromatic heterocycles. The summed E-state index contributed by atoms with van der Waals surface area (Å²) in [6.07, 6.45) is 4.43. The molecule has 1 aliphatic heterocycles. The highest BCUT2D eigenvalue weighted by Crippen LogP contribution is 2.38. The standard InChI is InChI=1S/C24H23N9O4S/c34-23(32-35)14-11-26-24(27-12-14)25-4-7-37-19-10-18-20(38-19)22(33-5-8-36-9-6-33)30-21(29-18)15-2-1-3-17-16(15)13-28-31-17/h1-3,10-13,35H,4-9H2,(H,28,31)(H,32,34)(H,25,26,27). The van der Waals surface area contributed by atoms with Gasteiger partial charge >= 0.3 is 0 Å². The van der Waals surface area contributed by atoms with Gasteiger partial charge in [0.2, 0.25) is 5.95 Å². The molecule has 0 unspecified atom stereocenters. The molecule has 1 saturated heterocycles. The second-order valence-corrected chi connectivity index (χ2v) is 9.41. The molecule has 1 aliphatic rings. The van der Waals surface area contributed by atoms with Gasteiger partial charge in [-0.25, -0.2) is 25.4 Å². The number of hydrogen-bond acceptors (Lipinski definition) is 12. The lowest BCUT2D eigenvalue weighted by Gasteiger charge is -2.28. The Morgan fingerprint density at radius 1 is 1.18 bits per heavy atom. The number of H-pyrrole nitrogens is 1. The number of ether oxygens (including phenoxy) is 2. The molecular formula is C24H23N9O4S. The zero-order chi connectivity index (χ0) is 25.9. The first kappa shape index (κ1) is 24.0. The van der Waals surface area contributed by atoms with E-state index in [4.69, 9.17) is 24.6 Å². The van der Waals surface area contributed by atoms with Crippen LogP contribution in [0, 0.1) is 0 Å². The third kappa shape index (κ3) is 4.79. The maximum atomic E-state index is 11.4. The fourth-order valence-electron chi connectivity index (χ4n) is 4.15. The minimum absolute atomic E-state index is 0.153. The average molecular weight is 534 g/mol. The van der Waals surface area contributed by atoms with Crippen molar-refractivity contribution < 1.29 is 19.5 Å². The highest BCUT2D eigenvalue weighted by Gasteiger charge is 2.21. The van der Waals surface area contributed by atoms with Crippen LogP contribution in [0.5, 0.6) is 5.06 Å². The van der Waals surface area contributed by atoms with E-state index in [1.54, 1.807) is 11.7 Å². The van der Waals surface area contributed by atoms with Gasteiger partial charge in [0.1, 0.15) is 6.61 Å². The van der Waals surface area contributed by atoms with E-state index < -0.39 is 5.91 Å². The van der Waals surface area contributed by atoms with E-state index in [9.17, 15) is 4.79 Å². The lowest BCUT2D eigenvalue weighted by atomic mass is 10.1. The SMILES string of the molecule is O=C(NO)c1cnc(NCCOc2cc3nc(-c4cccc5[nH]ncc45)nc(N4CCOCC4)c3s2)nc1. The van der Waals surface area contributed by atoms with Crippen LogP contribution in [0.4, 0.5) is 11.8 Å². The van der Waals surface area contributed by atoms with Crippen molar-refractivity contribution in [3.8, 4) is 16.5 Å². The minimum Gasteiger partial charge on any atom is -0.482 e. The van der Waals surface area contributed by atoms with Crippen LogP contribution < -0.4 is 20.4 Å². The van der Waals surface area contributed by atoms with Crippen LogP contribution in [0.15, 0.2) is 42.9 Å². The molecule has 0 aliphatic carbocycles. The molecule has 0 radical (unpaired) electrons. The number of benzene rings is 1. The summed E-state index contributed by atoms with van der Waals surface area (Å²) in [5.74, 6) is 1.17. The number of nitrogens with zero attached hydrogens (tertiary/aromatic N) is 6. The molecule has 5 heterocycles. The Morgan fingerprint density at radius 2 is 2.03 bits per heavy atom. The molecule has 194 valence electrons. The van der Waals surface area contributed by atoms with Crippen LogP contribution in [0.3, 0.4) is 0 Å². The Labute approximate surface area is 219 Å². The Balaban J connectivity index is 1.23. The average Bonchev–Trinajstić information content (AvgIpc) is 3.62. The topological polar surface area (TPSA) is 163 Å². The Kier molecular flexibility index (Phi) is 6.64. The zero-order valence-corrected chi connectivity index (χ0v) is 20.9. The largest absolute Gasteiger partial charge is 0.482 e. The Morgan fingerprint density at radius 3 is 2.84 bits per heavy atom. The molecule has 0 spiro atoms. The second kappa shape index (κ2) is 10.5. The Bertz CT molecular complexity index is 1580. The van der Waals surface area contributed by atoms with E-state index >= 15 is 0 Å². The van der Waals surface area contributed by atoms with Gasteiger partial charge in [0.15, 0.2) is 16.7 Å². The summed E-state index contributed by atoms with van der Waals surface area (Å²) in [6, 6.07) is 7.88. The number of hydrogen-bond donors (Lipinski definition) is 4. The van der Waals surface area contributed by atoms with Gasteiger partial charge in [-0.15, -0.1) is 0 Å². The maximum absolute atomic E-state index is 11.4. The number of nitrogens with one attached hydrogen (secondary N) is 3. The van der Waals surface area contributed by atoms with E-state index in [-0.39, 0.29) is 5.56 Å². The molecular weight excluding hydrogens is 510 g/mol. The summed E-state index contributed by atoms with van der Waals surface area (Å²) in [4.78, 5) is 31.6. The van der Waals surface area contributed by atoms with E-state index in [2.05, 4.69) is 30.4 Å². The number of carbonyl (C=O) groups is 1. The van der Waals surface area contributed by atoms with Crippen LogP contribution in [-0.2, 0) is 4.74 Å². The highest BCUT2D eigenvalue weighted by atomic mass is 32.1. The zero-order valence-electron chi connectivity index (χ0n) is 20.0. The van der Waals surface area contributed by atoms with Gasteiger partial charge in [-0.3, -0.25) is 15.1 Å². The highest BCUT2D eigenvalue weighted by molar-refractivity contribution is 7.21. The molecule has 1 fully saturated rings. The van der Waals surface area contributed by atoms with Crippen molar-refractivity contribution in [3.05, 3.63) is 48.4 Å². The van der Waals surface area contributed by atoms with Crippen LogP contribution in [0.25, 0.3) is 32.5 Å². The van der Waals surface area contributed by atoms with Crippen molar-refractivity contribution in [1.82, 2.24) is 35.6 Å². The molecule has 38 heavy (non-hydrogen) atoms. The van der Waals surface area contributed by atoms with Gasteiger partial charge < -0.3 is 19.7 Å². The van der Waals surface area contributed by atoms with E-state index in [1.807, 2.05) is 24.3 Å². The predicted molar refractivity (Wildman–Crippen MR) is 141 cm³/mol. The molecule has 13 nitrogen and oxygen atoms in total. The van der Waals surface area contributed by atoms with Crippen LogP contribution in [0.1, 0.15) is 10.4 Å². The van der Waals surface area contributed by atoms with Crippen molar-refractivity contribution >= 4 is 50.1 Å². The van der Waals surface area contributed by atoms with Gasteiger partial charge in [0.25, 0.3) is 5.91 Å². The summed E-state index contributed by atoms with van der Waals surface area (Å²) >= 11 is 1.51. The van der Waals surface area contributed by atoms with E-state index in [0.717, 1.165) is 50.7 Å². The summed E-state index contributed by atoms with van der Waals surface area (Å²) in [5, 5.41) is 20.6. The van der Waals surface area contributed by atoms with Crippen LogP contribution in [0.2, 0.25) is 0 Å². The molecule has 1 amide bonds. The smallest absolute Gasteiger partial charge is 0.277 e. The first-order valence-corrected chi connectivity index (χ1v) is 12.7. The number of aromatic nitrogens is 6. The molecule has 0 bridgehead atoms. The van der Waals surface area contributed by atoms with E-state index in [0.29, 0.717) is 38.1 Å². The summed E-state index contributed by atoms with van der Waals surface area (Å²) in [5.41, 5.74) is 4.35. The van der Waals surface area contributed by atoms with Crippen LogP contribution >= 0.6 is 11.3 Å². The number of carbonyl (C=O) groups excluding carboxylic acids is 1. The number of thiophene rings is 1. The number of morpholine rings is 1. The number of rotatable bonds is 8. The van der Waals surface area contributed by atoms with Gasteiger partial charge in [-0.1, -0.05) is 23.5 Å². The molecule has 0 atom stereocenters. The van der Waals surface area contributed by atoms with Gasteiger partial charge in [0.05, 0.1) is 47.3 Å². The Hall–Kier alpha value is -4.40. The summed E-state index contributed by atoms with van der Waals surface area (Å²) in [7, 11) is 0. The molecule has 0 saturated carbocycles. The number of fused-ring (bicyclic) bond motifs is 2. The monoisotopic (exact) mass is 533 g/mol. The molecule has 14 heteroatoms. The number of amides is 1. The van der Waals surface area contributed by atoms with Crippen molar-refractivity contribution in [1.29, 1.82) is 0 Å². The quantitative estimate of drug-likeness (QED) is 0.132. The number of anilines is 2. The van der Waals surface area contributed by atoms with Crippen molar-refractivity contribution in [2.75, 3.05) is 49.7 Å². The third-order valence-electron chi connectivity index (χ3n) is 6.01. The van der Waals surface area contributed by atoms with Crippen LogP contribution in [-0.4, -0.2) is 80.7 Å². The molecule has 4 N–H and O–H groups in total. The summed E-state index contributed by atoms with van der Waals surface area (Å²) in [6.45, 7) is 3.58. The summed E-state index contributed by atoms with van der Waals surface area (Å²) < 4.78 is 12.5. The van der Waals surface area contributed by atoms with Crippen molar-refractivity contribution in [2.24, 2.45) is 0 Å². The first-order chi connectivity index (χ1) is 18.7. The molecule has 6 rings (SSSR count). The van der Waals surface area contributed by atoms with Gasteiger partial charge in [-0.2, -0.15) is 5.10 Å². The fourth-order valence-corrected chi connectivity index (χ4v) is 5.14. The first-order valence-electron chi connectivity index (χ1n) is 11.9.